The van der Waals surface area contributed by atoms with Gasteiger partial charge in [-0.2, -0.15) is 0 Å². The highest BCUT2D eigenvalue weighted by molar-refractivity contribution is 6.30. The fourth-order valence-corrected chi connectivity index (χ4v) is 5.63. The molecule has 1 aromatic rings. The van der Waals surface area contributed by atoms with Gasteiger partial charge in [-0.05, 0) is 86.8 Å². The average Bonchev–Trinajstić information content (AvgIpc) is 3.23. The summed E-state index contributed by atoms with van der Waals surface area (Å²) in [5, 5.41) is 0.843. The minimum absolute atomic E-state index is 0.111. The summed E-state index contributed by atoms with van der Waals surface area (Å²) in [7, 11) is 0. The number of hydrogen-bond acceptors (Lipinski definition) is 2. The van der Waals surface area contributed by atoms with E-state index in [1.165, 1.54) is 69.8 Å². The number of hydrogen-bond donors (Lipinski definition) is 0. The Bertz CT molecular complexity index is 536. The third-order valence-electron chi connectivity index (χ3n) is 7.16. The maximum atomic E-state index is 5.98. The Balaban J connectivity index is 1.16. The van der Waals surface area contributed by atoms with Gasteiger partial charge in [0.2, 0.25) is 0 Å². The molecule has 2 saturated carbocycles. The molecule has 0 bridgehead atoms. The summed E-state index contributed by atoms with van der Waals surface area (Å²) in [6.45, 7) is 1.59. The predicted octanol–water partition coefficient (Wildman–Crippen LogP) is 6.26. The molecule has 1 saturated heterocycles. The minimum atomic E-state index is 0.111. The summed E-state index contributed by atoms with van der Waals surface area (Å²) in [4.78, 5) is 0. The van der Waals surface area contributed by atoms with Crippen LogP contribution in [0.2, 0.25) is 5.02 Å². The first-order valence-electron chi connectivity index (χ1n) is 10.8. The molecule has 1 aliphatic heterocycles. The van der Waals surface area contributed by atoms with E-state index >= 15 is 0 Å². The molecule has 26 heavy (non-hydrogen) atoms. The van der Waals surface area contributed by atoms with Crippen molar-refractivity contribution in [3.8, 4) is 0 Å². The summed E-state index contributed by atoms with van der Waals surface area (Å²) in [6.07, 6.45) is 13.9. The first kappa shape index (κ1) is 18.8. The molecular formula is C23H33ClO2. The van der Waals surface area contributed by atoms with Gasteiger partial charge in [-0.25, -0.2) is 0 Å². The van der Waals surface area contributed by atoms with Gasteiger partial charge in [0, 0.05) is 10.9 Å². The highest BCUT2D eigenvalue weighted by Crippen LogP contribution is 2.43. The highest BCUT2D eigenvalue weighted by Gasteiger charge is 2.35. The molecule has 0 atom stereocenters. The van der Waals surface area contributed by atoms with Gasteiger partial charge in [0.25, 0.3) is 0 Å². The molecule has 3 aliphatic rings. The van der Waals surface area contributed by atoms with Crippen LogP contribution in [0.4, 0.5) is 0 Å². The molecule has 3 fully saturated rings. The predicted molar refractivity (Wildman–Crippen MR) is 106 cm³/mol. The zero-order valence-corrected chi connectivity index (χ0v) is 16.6. The standard InChI is InChI=1S/C23H33ClO2/c24-22-13-5-18(6-14-22)2-1-17-3-7-19(8-4-17)20-9-11-21(12-10-20)23-25-15-16-26-23/h5-6,13-14,17,19-21,23H,1-4,7-12,15-16H2. The van der Waals surface area contributed by atoms with Crippen molar-refractivity contribution in [2.24, 2.45) is 23.7 Å². The molecule has 0 N–H and O–H groups in total. The molecule has 0 radical (unpaired) electrons. The maximum absolute atomic E-state index is 5.98. The van der Waals surface area contributed by atoms with E-state index in [4.69, 9.17) is 21.1 Å². The van der Waals surface area contributed by atoms with Crippen LogP contribution in [0.5, 0.6) is 0 Å². The van der Waals surface area contributed by atoms with Crippen molar-refractivity contribution in [2.45, 2.75) is 70.5 Å². The molecule has 3 heteroatoms. The van der Waals surface area contributed by atoms with Crippen LogP contribution < -0.4 is 0 Å². The second-order valence-electron chi connectivity index (χ2n) is 8.73. The van der Waals surface area contributed by atoms with Crippen molar-refractivity contribution in [1.82, 2.24) is 0 Å². The van der Waals surface area contributed by atoms with Crippen molar-refractivity contribution in [2.75, 3.05) is 13.2 Å². The molecule has 4 rings (SSSR count). The zero-order valence-electron chi connectivity index (χ0n) is 15.9. The summed E-state index contributed by atoms with van der Waals surface area (Å²) in [5.41, 5.74) is 1.44. The molecule has 1 heterocycles. The van der Waals surface area contributed by atoms with Gasteiger partial charge in [0.05, 0.1) is 13.2 Å². The number of aryl methyl sites for hydroxylation is 1. The first-order chi connectivity index (χ1) is 12.8. The molecule has 2 aliphatic carbocycles. The van der Waals surface area contributed by atoms with Gasteiger partial charge in [0.1, 0.15) is 0 Å². The topological polar surface area (TPSA) is 18.5 Å². The van der Waals surface area contributed by atoms with Gasteiger partial charge in [-0.1, -0.05) is 36.6 Å². The monoisotopic (exact) mass is 376 g/mol. The lowest BCUT2D eigenvalue weighted by molar-refractivity contribution is -0.0973. The molecule has 0 spiro atoms. The molecule has 0 amide bonds. The molecular weight excluding hydrogens is 344 g/mol. The quantitative estimate of drug-likeness (QED) is 0.603. The van der Waals surface area contributed by atoms with Gasteiger partial charge >= 0.3 is 0 Å². The molecule has 144 valence electrons. The van der Waals surface area contributed by atoms with E-state index in [1.807, 2.05) is 12.1 Å². The van der Waals surface area contributed by atoms with E-state index in [-0.39, 0.29) is 6.29 Å². The Morgan fingerprint density at radius 3 is 1.88 bits per heavy atom. The lowest BCUT2D eigenvalue weighted by Crippen LogP contribution is -2.30. The largest absolute Gasteiger partial charge is 0.350 e. The Kier molecular flexibility index (Phi) is 6.56. The van der Waals surface area contributed by atoms with E-state index in [0.717, 1.165) is 36.0 Å². The van der Waals surface area contributed by atoms with E-state index in [9.17, 15) is 0 Å². The molecule has 0 unspecified atom stereocenters. The third kappa shape index (κ3) is 4.82. The number of benzene rings is 1. The minimum Gasteiger partial charge on any atom is -0.350 e. The van der Waals surface area contributed by atoms with Crippen LogP contribution >= 0.6 is 11.6 Å². The Morgan fingerprint density at radius 2 is 1.27 bits per heavy atom. The highest BCUT2D eigenvalue weighted by atomic mass is 35.5. The third-order valence-corrected chi connectivity index (χ3v) is 7.41. The second-order valence-corrected chi connectivity index (χ2v) is 9.17. The average molecular weight is 377 g/mol. The maximum Gasteiger partial charge on any atom is 0.160 e. The van der Waals surface area contributed by atoms with Crippen molar-refractivity contribution in [1.29, 1.82) is 0 Å². The van der Waals surface area contributed by atoms with E-state index in [2.05, 4.69) is 12.1 Å². The fraction of sp³-hybridized carbons (Fsp3) is 0.739. The fourth-order valence-electron chi connectivity index (χ4n) is 5.51. The van der Waals surface area contributed by atoms with Crippen LogP contribution in [0.1, 0.15) is 63.4 Å². The van der Waals surface area contributed by atoms with Crippen molar-refractivity contribution in [3.63, 3.8) is 0 Å². The van der Waals surface area contributed by atoms with Crippen LogP contribution in [0, 0.1) is 23.7 Å². The van der Waals surface area contributed by atoms with Crippen molar-refractivity contribution in [3.05, 3.63) is 34.9 Å². The summed E-state index contributed by atoms with van der Waals surface area (Å²) >= 11 is 5.98. The summed E-state index contributed by atoms with van der Waals surface area (Å²) < 4.78 is 11.5. The van der Waals surface area contributed by atoms with Gasteiger partial charge in [0.15, 0.2) is 6.29 Å². The Morgan fingerprint density at radius 1 is 0.731 bits per heavy atom. The lowest BCUT2D eigenvalue weighted by Gasteiger charge is -2.38. The van der Waals surface area contributed by atoms with Crippen LogP contribution in [-0.2, 0) is 15.9 Å². The summed E-state index contributed by atoms with van der Waals surface area (Å²) in [6, 6.07) is 8.41. The molecule has 0 aromatic heterocycles. The molecule has 1 aromatic carbocycles. The normalized spacial score (nSPS) is 33.4. The number of rotatable bonds is 5. The summed E-state index contributed by atoms with van der Waals surface area (Å²) in [5.74, 6) is 3.53. The smallest absolute Gasteiger partial charge is 0.160 e. The Labute approximate surface area is 163 Å². The van der Waals surface area contributed by atoms with Crippen molar-refractivity contribution >= 4 is 11.6 Å². The number of ether oxygens (including phenoxy) is 2. The SMILES string of the molecule is Clc1ccc(CCC2CCC(C3CCC(C4OCCO4)CC3)CC2)cc1. The van der Waals surface area contributed by atoms with Crippen LogP contribution in [0.15, 0.2) is 24.3 Å². The van der Waals surface area contributed by atoms with Crippen LogP contribution in [0.25, 0.3) is 0 Å². The van der Waals surface area contributed by atoms with E-state index in [1.54, 1.807) is 0 Å². The first-order valence-corrected chi connectivity index (χ1v) is 11.1. The van der Waals surface area contributed by atoms with Crippen LogP contribution in [-0.4, -0.2) is 19.5 Å². The van der Waals surface area contributed by atoms with Crippen molar-refractivity contribution < 1.29 is 9.47 Å². The van der Waals surface area contributed by atoms with E-state index < -0.39 is 0 Å². The van der Waals surface area contributed by atoms with Gasteiger partial charge < -0.3 is 9.47 Å². The van der Waals surface area contributed by atoms with E-state index in [0.29, 0.717) is 5.92 Å². The second kappa shape index (κ2) is 9.08. The molecule has 2 nitrogen and oxygen atoms in total. The zero-order chi connectivity index (χ0) is 17.8. The number of halogens is 1. The van der Waals surface area contributed by atoms with Gasteiger partial charge in [-0.3, -0.25) is 0 Å². The lowest BCUT2D eigenvalue weighted by atomic mass is 9.68. The Hall–Kier alpha value is -0.570. The van der Waals surface area contributed by atoms with Crippen LogP contribution in [0.3, 0.4) is 0 Å². The van der Waals surface area contributed by atoms with Gasteiger partial charge in [-0.15, -0.1) is 0 Å².